The molecule has 0 heterocycles. The van der Waals surface area contributed by atoms with Gasteiger partial charge in [0.15, 0.2) is 0 Å². The molecule has 0 aliphatic heterocycles. The molecule has 2 N–H and O–H groups in total. The van der Waals surface area contributed by atoms with Crippen molar-refractivity contribution >= 4 is 11.6 Å². The average molecular weight is 262 g/mol. The highest BCUT2D eigenvalue weighted by atomic mass is 16.2. The molecule has 3 nitrogen and oxygen atoms in total. The number of benzene rings is 1. The summed E-state index contributed by atoms with van der Waals surface area (Å²) in [6, 6.07) is 7.66. The number of carbonyl (C=O) groups is 1. The van der Waals surface area contributed by atoms with Gasteiger partial charge in [-0.1, -0.05) is 39.8 Å². The average Bonchev–Trinajstić information content (AvgIpc) is 2.30. The summed E-state index contributed by atoms with van der Waals surface area (Å²) in [5.41, 5.74) is 7.67. The number of nitrogens with zero attached hydrogens (tertiary/aromatic N) is 1. The van der Waals surface area contributed by atoms with E-state index in [0.717, 1.165) is 11.3 Å². The van der Waals surface area contributed by atoms with E-state index in [4.69, 9.17) is 5.73 Å². The summed E-state index contributed by atoms with van der Waals surface area (Å²) in [6.45, 7) is 9.28. The van der Waals surface area contributed by atoms with Crippen LogP contribution in [-0.2, 0) is 11.3 Å². The van der Waals surface area contributed by atoms with Gasteiger partial charge in [-0.25, -0.2) is 0 Å². The molecule has 0 radical (unpaired) electrons. The summed E-state index contributed by atoms with van der Waals surface area (Å²) in [5.74, 6) is 0.563. The Balaban J connectivity index is 2.56. The molecule has 0 saturated carbocycles. The first-order valence-corrected chi connectivity index (χ1v) is 6.78. The van der Waals surface area contributed by atoms with Gasteiger partial charge in [-0.2, -0.15) is 0 Å². The second-order valence-electron chi connectivity index (χ2n) is 6.46. The van der Waals surface area contributed by atoms with E-state index in [-0.39, 0.29) is 11.3 Å². The van der Waals surface area contributed by atoms with Gasteiger partial charge in [0.25, 0.3) is 0 Å². The van der Waals surface area contributed by atoms with Crippen molar-refractivity contribution in [1.82, 2.24) is 4.90 Å². The Hall–Kier alpha value is -1.51. The Morgan fingerprint density at radius 2 is 1.79 bits per heavy atom. The molecule has 0 aliphatic carbocycles. The minimum absolute atomic E-state index is 0.164. The third kappa shape index (κ3) is 4.93. The Kier molecular flexibility index (Phi) is 4.98. The molecule has 1 rings (SSSR count). The number of hydrogen-bond acceptors (Lipinski definition) is 2. The van der Waals surface area contributed by atoms with Crippen molar-refractivity contribution in [2.45, 2.75) is 40.7 Å². The van der Waals surface area contributed by atoms with Crippen LogP contribution in [0.25, 0.3) is 0 Å². The number of rotatable bonds is 4. The van der Waals surface area contributed by atoms with Crippen LogP contribution in [0.2, 0.25) is 0 Å². The maximum atomic E-state index is 12.2. The van der Waals surface area contributed by atoms with Gasteiger partial charge in [0, 0.05) is 25.7 Å². The Morgan fingerprint density at radius 3 is 2.26 bits per heavy atom. The lowest BCUT2D eigenvalue weighted by Gasteiger charge is -2.28. The molecule has 106 valence electrons. The zero-order chi connectivity index (χ0) is 14.6. The van der Waals surface area contributed by atoms with Gasteiger partial charge in [0.1, 0.15) is 0 Å². The molecular weight excluding hydrogens is 236 g/mol. The molecular formula is C16H26N2O. The standard InChI is InChI=1S/C16H26N2O/c1-12(16(2,3)4)10-15(19)18(5)11-13-6-8-14(17)9-7-13/h6-9,12H,10-11,17H2,1-5H3. The lowest BCUT2D eigenvalue weighted by molar-refractivity contribution is -0.132. The van der Waals surface area contributed by atoms with Gasteiger partial charge < -0.3 is 10.6 Å². The van der Waals surface area contributed by atoms with E-state index in [1.165, 1.54) is 0 Å². The molecule has 1 aromatic carbocycles. The van der Waals surface area contributed by atoms with E-state index in [9.17, 15) is 4.79 Å². The van der Waals surface area contributed by atoms with Crippen LogP contribution >= 0.6 is 0 Å². The predicted molar refractivity (Wildman–Crippen MR) is 80.6 cm³/mol. The molecule has 1 unspecified atom stereocenters. The number of carbonyl (C=O) groups excluding carboxylic acids is 1. The lowest BCUT2D eigenvalue weighted by Crippen LogP contribution is -2.30. The first-order chi connectivity index (χ1) is 8.70. The zero-order valence-corrected chi connectivity index (χ0v) is 12.7. The molecule has 1 amide bonds. The van der Waals surface area contributed by atoms with Crippen LogP contribution in [0.5, 0.6) is 0 Å². The summed E-state index contributed by atoms with van der Waals surface area (Å²) in [6.07, 6.45) is 0.592. The van der Waals surface area contributed by atoms with E-state index >= 15 is 0 Å². The quantitative estimate of drug-likeness (QED) is 0.846. The van der Waals surface area contributed by atoms with Gasteiger partial charge in [-0.3, -0.25) is 4.79 Å². The van der Waals surface area contributed by atoms with Gasteiger partial charge in [0.2, 0.25) is 5.91 Å². The number of nitrogen functional groups attached to an aromatic ring is 1. The summed E-state index contributed by atoms with van der Waals surface area (Å²) < 4.78 is 0. The van der Waals surface area contributed by atoms with Gasteiger partial charge in [-0.15, -0.1) is 0 Å². The highest BCUT2D eigenvalue weighted by Crippen LogP contribution is 2.28. The molecule has 0 bridgehead atoms. The second kappa shape index (κ2) is 6.09. The van der Waals surface area contributed by atoms with Crippen molar-refractivity contribution in [3.8, 4) is 0 Å². The first kappa shape index (κ1) is 15.5. The summed E-state index contributed by atoms with van der Waals surface area (Å²) >= 11 is 0. The predicted octanol–water partition coefficient (Wildman–Crippen LogP) is 3.30. The highest BCUT2D eigenvalue weighted by molar-refractivity contribution is 5.76. The van der Waals surface area contributed by atoms with E-state index in [0.29, 0.717) is 18.9 Å². The molecule has 1 atom stereocenters. The van der Waals surface area contributed by atoms with Crippen LogP contribution in [0.3, 0.4) is 0 Å². The summed E-state index contributed by atoms with van der Waals surface area (Å²) in [5, 5.41) is 0. The van der Waals surface area contributed by atoms with Crippen LogP contribution in [0.15, 0.2) is 24.3 Å². The minimum Gasteiger partial charge on any atom is -0.399 e. The van der Waals surface area contributed by atoms with Crippen molar-refractivity contribution < 1.29 is 4.79 Å². The van der Waals surface area contributed by atoms with E-state index < -0.39 is 0 Å². The Morgan fingerprint density at radius 1 is 1.26 bits per heavy atom. The minimum atomic E-state index is 0.164. The summed E-state index contributed by atoms with van der Waals surface area (Å²) in [7, 11) is 1.86. The molecule has 1 aromatic rings. The Labute approximate surface area is 116 Å². The molecule has 0 fully saturated rings. The molecule has 19 heavy (non-hydrogen) atoms. The maximum Gasteiger partial charge on any atom is 0.222 e. The zero-order valence-electron chi connectivity index (χ0n) is 12.7. The van der Waals surface area contributed by atoms with Crippen molar-refractivity contribution in [2.24, 2.45) is 11.3 Å². The molecule has 3 heteroatoms. The van der Waals surface area contributed by atoms with Crippen molar-refractivity contribution in [3.05, 3.63) is 29.8 Å². The van der Waals surface area contributed by atoms with Crippen LogP contribution in [0.1, 0.15) is 39.7 Å². The van der Waals surface area contributed by atoms with Crippen molar-refractivity contribution in [2.75, 3.05) is 12.8 Å². The van der Waals surface area contributed by atoms with Crippen molar-refractivity contribution in [3.63, 3.8) is 0 Å². The maximum absolute atomic E-state index is 12.2. The smallest absolute Gasteiger partial charge is 0.222 e. The van der Waals surface area contributed by atoms with Gasteiger partial charge >= 0.3 is 0 Å². The second-order valence-corrected chi connectivity index (χ2v) is 6.46. The van der Waals surface area contributed by atoms with E-state index in [2.05, 4.69) is 27.7 Å². The van der Waals surface area contributed by atoms with Crippen LogP contribution in [0.4, 0.5) is 5.69 Å². The number of anilines is 1. The Bertz CT molecular complexity index is 417. The fourth-order valence-electron chi connectivity index (χ4n) is 1.71. The molecule has 0 saturated heterocycles. The highest BCUT2D eigenvalue weighted by Gasteiger charge is 2.23. The topological polar surface area (TPSA) is 46.3 Å². The first-order valence-electron chi connectivity index (χ1n) is 6.78. The molecule has 0 spiro atoms. The third-order valence-electron chi connectivity index (χ3n) is 3.78. The fraction of sp³-hybridized carbons (Fsp3) is 0.562. The number of nitrogens with two attached hydrogens (primary N) is 1. The van der Waals surface area contributed by atoms with Gasteiger partial charge in [0.05, 0.1) is 0 Å². The van der Waals surface area contributed by atoms with Crippen LogP contribution in [-0.4, -0.2) is 17.9 Å². The largest absolute Gasteiger partial charge is 0.399 e. The fourth-order valence-corrected chi connectivity index (χ4v) is 1.71. The van der Waals surface area contributed by atoms with Crippen LogP contribution in [0, 0.1) is 11.3 Å². The SMILES string of the molecule is CC(CC(=O)N(C)Cc1ccc(N)cc1)C(C)(C)C. The normalized spacial score (nSPS) is 13.1. The monoisotopic (exact) mass is 262 g/mol. The van der Waals surface area contributed by atoms with Crippen molar-refractivity contribution in [1.29, 1.82) is 0 Å². The molecule has 0 aromatic heterocycles. The van der Waals surface area contributed by atoms with Crippen LogP contribution < -0.4 is 5.73 Å². The number of amides is 1. The number of hydrogen-bond donors (Lipinski definition) is 1. The van der Waals surface area contributed by atoms with E-state index in [1.807, 2.05) is 31.3 Å². The van der Waals surface area contributed by atoms with E-state index in [1.54, 1.807) is 4.90 Å². The third-order valence-corrected chi connectivity index (χ3v) is 3.78. The lowest BCUT2D eigenvalue weighted by atomic mass is 9.80. The summed E-state index contributed by atoms with van der Waals surface area (Å²) in [4.78, 5) is 14.0. The van der Waals surface area contributed by atoms with Gasteiger partial charge in [-0.05, 0) is 29.0 Å². The molecule has 0 aliphatic rings.